The van der Waals surface area contributed by atoms with Gasteiger partial charge in [0.1, 0.15) is 15.5 Å². The molecule has 1 fully saturated rings. The highest BCUT2D eigenvalue weighted by molar-refractivity contribution is 6.38. The Labute approximate surface area is 263 Å². The third-order valence-electron chi connectivity index (χ3n) is 8.95. The fourth-order valence-electron chi connectivity index (χ4n) is 6.97. The van der Waals surface area contributed by atoms with Crippen molar-refractivity contribution in [1.29, 1.82) is 0 Å². The average molecular weight is 626 g/mol. The third-order valence-corrected chi connectivity index (χ3v) is 10.2. The van der Waals surface area contributed by atoms with Crippen LogP contribution in [0.1, 0.15) is 49.9 Å². The van der Waals surface area contributed by atoms with E-state index < -0.39 is 45.5 Å². The van der Waals surface area contributed by atoms with Gasteiger partial charge in [0.05, 0.1) is 30.2 Å². The van der Waals surface area contributed by atoms with E-state index >= 15 is 0 Å². The molecule has 2 bridgehead atoms. The van der Waals surface area contributed by atoms with E-state index in [0.717, 1.165) is 4.90 Å². The quantitative estimate of drug-likeness (QED) is 0.109. The van der Waals surface area contributed by atoms with Gasteiger partial charge >= 0.3 is 5.97 Å². The number of halogens is 2. The molecule has 0 unspecified atom stereocenters. The summed E-state index contributed by atoms with van der Waals surface area (Å²) in [6.07, 6.45) is -1.09. The number of rotatable bonds is 6. The number of hydrogen-bond acceptors (Lipinski definition) is 6. The topological polar surface area (TPSA) is 90.0 Å². The molecule has 4 aromatic rings. The van der Waals surface area contributed by atoms with Crippen molar-refractivity contribution in [3.63, 3.8) is 0 Å². The summed E-state index contributed by atoms with van der Waals surface area (Å²) in [5.74, 6) is -3.53. The summed E-state index contributed by atoms with van der Waals surface area (Å²) in [6, 6.07) is 27.3. The lowest BCUT2D eigenvalue weighted by Gasteiger charge is -2.54. The van der Waals surface area contributed by atoms with Gasteiger partial charge in [0.15, 0.2) is 6.10 Å². The van der Waals surface area contributed by atoms with Crippen molar-refractivity contribution in [3.8, 4) is 5.75 Å². The maximum absolute atomic E-state index is 14.3. The van der Waals surface area contributed by atoms with E-state index in [1.165, 1.54) is 26.2 Å². The molecule has 4 aliphatic rings. The van der Waals surface area contributed by atoms with Crippen LogP contribution in [0.2, 0.25) is 0 Å². The van der Waals surface area contributed by atoms with Crippen LogP contribution in [0.3, 0.4) is 0 Å². The number of ketones is 1. The zero-order valence-electron chi connectivity index (χ0n) is 23.6. The van der Waals surface area contributed by atoms with Crippen LogP contribution in [0.5, 0.6) is 5.75 Å². The molecule has 44 heavy (non-hydrogen) atoms. The molecule has 4 aromatic carbocycles. The number of alkyl halides is 2. The van der Waals surface area contributed by atoms with Crippen LogP contribution in [0.25, 0.3) is 0 Å². The van der Waals surface area contributed by atoms with Gasteiger partial charge in [-0.15, -0.1) is 23.2 Å². The summed E-state index contributed by atoms with van der Waals surface area (Å²) >= 11 is 15.0. The molecule has 3 aliphatic carbocycles. The molecule has 0 N–H and O–H groups in total. The minimum atomic E-state index is -1.32. The smallest absolute Gasteiger partial charge is 0.338 e. The van der Waals surface area contributed by atoms with Crippen LogP contribution in [-0.4, -0.2) is 36.8 Å². The molecule has 7 nitrogen and oxygen atoms in total. The Balaban J connectivity index is 1.21. The van der Waals surface area contributed by atoms with Gasteiger partial charge in [0, 0.05) is 5.56 Å². The van der Waals surface area contributed by atoms with Crippen molar-refractivity contribution in [1.82, 2.24) is 0 Å². The van der Waals surface area contributed by atoms with Crippen molar-refractivity contribution < 1.29 is 28.7 Å². The lowest BCUT2D eigenvalue weighted by molar-refractivity contribution is -0.122. The number of carbonyl (C=O) groups is 4. The monoisotopic (exact) mass is 625 g/mol. The highest BCUT2D eigenvalue weighted by Gasteiger charge is 2.73. The maximum atomic E-state index is 14.3. The first-order valence-electron chi connectivity index (χ1n) is 14.1. The Kier molecular flexibility index (Phi) is 6.46. The van der Waals surface area contributed by atoms with Gasteiger partial charge in [0.25, 0.3) is 0 Å². The second-order valence-corrected chi connectivity index (χ2v) is 12.4. The van der Waals surface area contributed by atoms with E-state index in [1.54, 1.807) is 36.4 Å². The molecular formula is C35H25Cl2NO6. The van der Waals surface area contributed by atoms with E-state index in [9.17, 15) is 19.2 Å². The first-order valence-corrected chi connectivity index (χ1v) is 14.8. The van der Waals surface area contributed by atoms with Gasteiger partial charge < -0.3 is 9.47 Å². The molecule has 8 rings (SSSR count). The van der Waals surface area contributed by atoms with Crippen LogP contribution in [-0.2, 0) is 24.1 Å². The molecule has 0 aromatic heterocycles. The average Bonchev–Trinajstić information content (AvgIpc) is 3.33. The highest BCUT2D eigenvalue weighted by Crippen LogP contribution is 2.69. The number of imide groups is 1. The number of ether oxygens (including phenoxy) is 2. The van der Waals surface area contributed by atoms with E-state index in [0.29, 0.717) is 33.6 Å². The fourth-order valence-corrected chi connectivity index (χ4v) is 8.06. The SMILES string of the molecule is COc1ccc(C(=O)[C@@H](C)OC(=O)c2cccc(N3C(=O)[C@@H]4[C@H](C3=O)C3(Cl)c5ccccc5C4(Cl)c4ccccc43)c2)cc1. The number of Topliss-reactive ketones (excluding diaryl/α,β-unsaturated/α-hetero) is 1. The van der Waals surface area contributed by atoms with Crippen LogP contribution >= 0.6 is 23.2 Å². The number of esters is 1. The van der Waals surface area contributed by atoms with Crippen molar-refractivity contribution in [2.75, 3.05) is 12.0 Å². The Morgan fingerprint density at radius 2 is 1.23 bits per heavy atom. The van der Waals surface area contributed by atoms with Crippen LogP contribution < -0.4 is 9.64 Å². The summed E-state index contributed by atoms with van der Waals surface area (Å²) in [5.41, 5.74) is 3.42. The van der Waals surface area contributed by atoms with Crippen molar-refractivity contribution in [2.45, 2.75) is 22.8 Å². The molecule has 0 saturated carbocycles. The highest BCUT2D eigenvalue weighted by atomic mass is 35.5. The summed E-state index contributed by atoms with van der Waals surface area (Å²) < 4.78 is 10.6. The number of benzene rings is 4. The molecule has 9 heteroatoms. The second kappa shape index (κ2) is 10.0. The zero-order valence-corrected chi connectivity index (χ0v) is 25.1. The Hall–Kier alpha value is -4.46. The standard InChI is InChI=1S/C35H25Cl2NO6/c1-19(30(39)20-14-16-23(43-2)17-15-20)44-33(42)21-8-7-9-22(18-21)38-31(40)28-29(32(38)41)35(37)25-11-4-3-10-24(25)34(28,36)26-12-5-6-13-27(26)35/h3-19,28-29H,1-2H3/t19-,28-,29+,34?,35?/m1/s1. The predicted molar refractivity (Wildman–Crippen MR) is 164 cm³/mol. The summed E-state index contributed by atoms with van der Waals surface area (Å²) in [4.78, 5) is 53.0. The van der Waals surface area contributed by atoms with Crippen LogP contribution in [0, 0.1) is 11.8 Å². The first-order chi connectivity index (χ1) is 21.1. The normalized spacial score (nSPS) is 25.1. The van der Waals surface area contributed by atoms with Gasteiger partial charge in [-0.1, -0.05) is 54.6 Å². The molecule has 1 aliphatic heterocycles. The van der Waals surface area contributed by atoms with Crippen molar-refractivity contribution in [3.05, 3.63) is 130 Å². The third kappa shape index (κ3) is 3.75. The number of amides is 2. The molecule has 1 heterocycles. The van der Waals surface area contributed by atoms with Gasteiger partial charge in [-0.25, -0.2) is 9.69 Å². The van der Waals surface area contributed by atoms with E-state index in [4.69, 9.17) is 32.7 Å². The molecule has 3 atom stereocenters. The molecule has 0 radical (unpaired) electrons. The van der Waals surface area contributed by atoms with Crippen molar-refractivity contribution in [2.24, 2.45) is 11.8 Å². The van der Waals surface area contributed by atoms with E-state index in [-0.39, 0.29) is 17.0 Å². The summed E-state index contributed by atoms with van der Waals surface area (Å²) in [5, 5.41) is 0. The Bertz CT molecular complexity index is 1760. The van der Waals surface area contributed by atoms with E-state index in [2.05, 4.69) is 0 Å². The van der Waals surface area contributed by atoms with Crippen LogP contribution in [0.4, 0.5) is 5.69 Å². The number of carbonyl (C=O) groups excluding carboxylic acids is 4. The molecular weight excluding hydrogens is 601 g/mol. The second-order valence-electron chi connectivity index (χ2n) is 11.2. The Morgan fingerprint density at radius 3 is 1.70 bits per heavy atom. The minimum absolute atomic E-state index is 0.0723. The van der Waals surface area contributed by atoms with E-state index in [1.807, 2.05) is 48.5 Å². The number of anilines is 1. The maximum Gasteiger partial charge on any atom is 0.338 e. The molecule has 1 saturated heterocycles. The van der Waals surface area contributed by atoms with Gasteiger partial charge in [-0.3, -0.25) is 14.4 Å². The largest absolute Gasteiger partial charge is 0.497 e. The van der Waals surface area contributed by atoms with Crippen LogP contribution in [0.15, 0.2) is 97.1 Å². The van der Waals surface area contributed by atoms with Gasteiger partial charge in [0.2, 0.25) is 17.6 Å². The van der Waals surface area contributed by atoms with Gasteiger partial charge in [-0.2, -0.15) is 0 Å². The Morgan fingerprint density at radius 1 is 0.727 bits per heavy atom. The number of nitrogens with zero attached hydrogens (tertiary/aromatic N) is 1. The zero-order chi connectivity index (χ0) is 31.0. The number of hydrogen-bond donors (Lipinski definition) is 0. The molecule has 2 amide bonds. The summed E-state index contributed by atoms with van der Waals surface area (Å²) in [7, 11) is 1.52. The fraction of sp³-hybridized carbons (Fsp3) is 0.200. The molecule has 0 spiro atoms. The van der Waals surface area contributed by atoms with Crippen molar-refractivity contribution >= 4 is 52.5 Å². The first kappa shape index (κ1) is 28.3. The summed E-state index contributed by atoms with van der Waals surface area (Å²) in [6.45, 7) is 1.48. The predicted octanol–water partition coefficient (Wildman–Crippen LogP) is 6.22. The van der Waals surface area contributed by atoms with Gasteiger partial charge in [-0.05, 0) is 71.6 Å². The lowest BCUT2D eigenvalue weighted by Crippen LogP contribution is -2.57. The molecule has 220 valence electrons. The lowest BCUT2D eigenvalue weighted by atomic mass is 9.54. The number of methoxy groups -OCH3 is 1. The minimum Gasteiger partial charge on any atom is -0.497 e.